The second-order valence-corrected chi connectivity index (χ2v) is 3.20. The molecule has 1 aromatic heterocycles. The van der Waals surface area contributed by atoms with Crippen molar-refractivity contribution in [3.63, 3.8) is 0 Å². The monoisotopic (exact) mass is 182 g/mol. The third kappa shape index (κ3) is 2.52. The van der Waals surface area contributed by atoms with Gasteiger partial charge in [-0.2, -0.15) is 0 Å². The fourth-order valence-electron chi connectivity index (χ4n) is 1.39. The minimum atomic E-state index is 0.389. The second-order valence-electron chi connectivity index (χ2n) is 3.20. The lowest BCUT2D eigenvalue weighted by Gasteiger charge is -2.15. The smallest absolute Gasteiger partial charge is 0.0753 e. The van der Waals surface area contributed by atoms with E-state index in [4.69, 9.17) is 0 Å². The van der Waals surface area contributed by atoms with Crippen LogP contribution in [-0.4, -0.2) is 21.5 Å². The maximum absolute atomic E-state index is 3.92. The molecule has 0 bridgehead atoms. The fraction of sp³-hybridized carbons (Fsp3) is 0.778. The zero-order chi connectivity index (χ0) is 9.68. The Morgan fingerprint density at radius 2 is 2.31 bits per heavy atom. The van der Waals surface area contributed by atoms with Gasteiger partial charge in [-0.25, -0.2) is 0 Å². The van der Waals surface area contributed by atoms with Crippen LogP contribution < -0.4 is 5.32 Å². The maximum atomic E-state index is 3.92. The molecule has 1 rings (SSSR count). The van der Waals surface area contributed by atoms with Crippen molar-refractivity contribution in [2.45, 2.75) is 32.7 Å². The minimum Gasteiger partial charge on any atom is -0.309 e. The molecular weight excluding hydrogens is 164 g/mol. The van der Waals surface area contributed by atoms with Gasteiger partial charge in [-0.15, -0.1) is 5.10 Å². The highest BCUT2D eigenvalue weighted by Gasteiger charge is 2.11. The lowest BCUT2D eigenvalue weighted by Crippen LogP contribution is -2.23. The molecule has 4 nitrogen and oxygen atoms in total. The molecule has 1 aromatic rings. The number of aryl methyl sites for hydroxylation is 1. The second kappa shape index (κ2) is 4.97. The van der Waals surface area contributed by atoms with Crippen LogP contribution in [0.2, 0.25) is 0 Å². The van der Waals surface area contributed by atoms with Crippen LogP contribution in [0.15, 0.2) is 6.20 Å². The third-order valence-electron chi connectivity index (χ3n) is 2.16. The van der Waals surface area contributed by atoms with Gasteiger partial charge in [0.2, 0.25) is 0 Å². The van der Waals surface area contributed by atoms with Crippen molar-refractivity contribution in [3.8, 4) is 0 Å². The van der Waals surface area contributed by atoms with E-state index in [1.165, 1.54) is 0 Å². The van der Waals surface area contributed by atoms with Crippen LogP contribution in [0.25, 0.3) is 0 Å². The van der Waals surface area contributed by atoms with E-state index >= 15 is 0 Å². The first-order valence-electron chi connectivity index (χ1n) is 4.87. The Hall–Kier alpha value is -0.900. The topological polar surface area (TPSA) is 42.7 Å². The first kappa shape index (κ1) is 10.2. The summed E-state index contributed by atoms with van der Waals surface area (Å²) in [6, 6.07) is 0.389. The van der Waals surface area contributed by atoms with Crippen LogP contribution in [-0.2, 0) is 7.05 Å². The van der Waals surface area contributed by atoms with E-state index in [0.29, 0.717) is 6.04 Å². The summed E-state index contributed by atoms with van der Waals surface area (Å²) in [6.45, 7) is 5.38. The molecule has 4 heteroatoms. The molecule has 0 aliphatic carbocycles. The molecule has 0 radical (unpaired) electrons. The average molecular weight is 182 g/mol. The lowest BCUT2D eigenvalue weighted by atomic mass is 10.1. The average Bonchev–Trinajstić information content (AvgIpc) is 2.54. The summed E-state index contributed by atoms with van der Waals surface area (Å²) in [6.07, 6.45) is 4.06. The SMILES string of the molecule is CCCNC(CC)c1cnnn1C. The molecule has 0 fully saturated rings. The molecule has 1 unspecified atom stereocenters. The molecular formula is C9H18N4. The van der Waals surface area contributed by atoms with Gasteiger partial charge in [0, 0.05) is 7.05 Å². The van der Waals surface area contributed by atoms with Crippen LogP contribution in [0.1, 0.15) is 38.4 Å². The third-order valence-corrected chi connectivity index (χ3v) is 2.16. The number of hydrogen-bond donors (Lipinski definition) is 1. The van der Waals surface area contributed by atoms with Crippen LogP contribution in [0.4, 0.5) is 0 Å². The highest BCUT2D eigenvalue weighted by molar-refractivity contribution is 5.01. The van der Waals surface area contributed by atoms with Crippen LogP contribution >= 0.6 is 0 Å². The Bertz CT molecular complexity index is 244. The van der Waals surface area contributed by atoms with Crippen molar-refractivity contribution in [1.82, 2.24) is 20.3 Å². The van der Waals surface area contributed by atoms with Crippen LogP contribution in [0, 0.1) is 0 Å². The Labute approximate surface area is 79.3 Å². The number of nitrogens with zero attached hydrogens (tertiary/aromatic N) is 3. The van der Waals surface area contributed by atoms with Crippen molar-refractivity contribution >= 4 is 0 Å². The normalized spacial score (nSPS) is 13.2. The van der Waals surface area contributed by atoms with Gasteiger partial charge in [-0.1, -0.05) is 19.1 Å². The summed E-state index contributed by atoms with van der Waals surface area (Å²) in [5, 5.41) is 11.3. The van der Waals surface area contributed by atoms with E-state index in [9.17, 15) is 0 Å². The molecule has 1 heterocycles. The lowest BCUT2D eigenvalue weighted by molar-refractivity contribution is 0.483. The predicted octanol–water partition coefficient (Wildman–Crippen LogP) is 1.27. The number of aromatic nitrogens is 3. The number of rotatable bonds is 5. The highest BCUT2D eigenvalue weighted by atomic mass is 15.4. The summed E-state index contributed by atoms with van der Waals surface area (Å²) < 4.78 is 1.83. The van der Waals surface area contributed by atoms with Crippen molar-refractivity contribution < 1.29 is 0 Å². The van der Waals surface area contributed by atoms with Gasteiger partial charge < -0.3 is 5.32 Å². The maximum Gasteiger partial charge on any atom is 0.0753 e. The summed E-state index contributed by atoms with van der Waals surface area (Å²) >= 11 is 0. The van der Waals surface area contributed by atoms with E-state index in [-0.39, 0.29) is 0 Å². The van der Waals surface area contributed by atoms with Gasteiger partial charge in [0.1, 0.15) is 0 Å². The Balaban J connectivity index is 2.61. The van der Waals surface area contributed by atoms with E-state index < -0.39 is 0 Å². The largest absolute Gasteiger partial charge is 0.309 e. The Morgan fingerprint density at radius 1 is 1.54 bits per heavy atom. The van der Waals surface area contributed by atoms with Gasteiger partial charge >= 0.3 is 0 Å². The van der Waals surface area contributed by atoms with E-state index in [2.05, 4.69) is 29.5 Å². The molecule has 0 aromatic carbocycles. The minimum absolute atomic E-state index is 0.389. The molecule has 0 saturated carbocycles. The zero-order valence-electron chi connectivity index (χ0n) is 8.62. The first-order valence-corrected chi connectivity index (χ1v) is 4.87. The standard InChI is InChI=1S/C9H18N4/c1-4-6-10-8(5-2)9-7-11-12-13(9)3/h7-8,10H,4-6H2,1-3H3. The predicted molar refractivity (Wildman–Crippen MR) is 52.3 cm³/mol. The van der Waals surface area contributed by atoms with Gasteiger partial charge in [0.25, 0.3) is 0 Å². The Kier molecular flexibility index (Phi) is 3.89. The number of nitrogens with one attached hydrogen (secondary N) is 1. The quantitative estimate of drug-likeness (QED) is 0.745. The molecule has 0 aliphatic rings. The van der Waals surface area contributed by atoms with Crippen molar-refractivity contribution in [3.05, 3.63) is 11.9 Å². The van der Waals surface area contributed by atoms with E-state index in [0.717, 1.165) is 25.1 Å². The molecule has 0 aliphatic heterocycles. The zero-order valence-corrected chi connectivity index (χ0v) is 8.62. The van der Waals surface area contributed by atoms with Crippen molar-refractivity contribution in [1.29, 1.82) is 0 Å². The van der Waals surface area contributed by atoms with Crippen molar-refractivity contribution in [2.75, 3.05) is 6.54 Å². The molecule has 1 atom stereocenters. The molecule has 13 heavy (non-hydrogen) atoms. The van der Waals surface area contributed by atoms with Gasteiger partial charge in [0.05, 0.1) is 17.9 Å². The van der Waals surface area contributed by atoms with Crippen LogP contribution in [0.5, 0.6) is 0 Å². The van der Waals surface area contributed by atoms with E-state index in [1.807, 2.05) is 17.9 Å². The van der Waals surface area contributed by atoms with Gasteiger partial charge in [-0.3, -0.25) is 4.68 Å². The fourth-order valence-corrected chi connectivity index (χ4v) is 1.39. The summed E-state index contributed by atoms with van der Waals surface area (Å²) in [4.78, 5) is 0. The van der Waals surface area contributed by atoms with Gasteiger partial charge in [0.15, 0.2) is 0 Å². The highest BCUT2D eigenvalue weighted by Crippen LogP contribution is 2.13. The molecule has 1 N–H and O–H groups in total. The molecule has 0 saturated heterocycles. The first-order chi connectivity index (χ1) is 6.29. The van der Waals surface area contributed by atoms with Crippen molar-refractivity contribution in [2.24, 2.45) is 7.05 Å². The van der Waals surface area contributed by atoms with Crippen LogP contribution in [0.3, 0.4) is 0 Å². The summed E-state index contributed by atoms with van der Waals surface area (Å²) in [5.74, 6) is 0. The van der Waals surface area contributed by atoms with E-state index in [1.54, 1.807) is 0 Å². The summed E-state index contributed by atoms with van der Waals surface area (Å²) in [7, 11) is 1.93. The summed E-state index contributed by atoms with van der Waals surface area (Å²) in [5.41, 5.74) is 1.16. The number of hydrogen-bond acceptors (Lipinski definition) is 3. The molecule has 0 amide bonds. The Morgan fingerprint density at radius 3 is 2.77 bits per heavy atom. The molecule has 0 spiro atoms. The van der Waals surface area contributed by atoms with Gasteiger partial charge in [-0.05, 0) is 19.4 Å². The molecule has 74 valence electrons.